The molecule has 0 saturated heterocycles. The lowest BCUT2D eigenvalue weighted by Gasteiger charge is -2.10. The Bertz CT molecular complexity index is 613. The first kappa shape index (κ1) is 15.8. The highest BCUT2D eigenvalue weighted by Crippen LogP contribution is 2.24. The van der Waals surface area contributed by atoms with Crippen LogP contribution in [0.2, 0.25) is 0 Å². The van der Waals surface area contributed by atoms with Crippen molar-refractivity contribution in [3.05, 3.63) is 42.5 Å². The number of halogens is 4. The van der Waals surface area contributed by atoms with Gasteiger partial charge in [0.05, 0.1) is 5.69 Å². The second kappa shape index (κ2) is 5.83. The molecule has 1 N–H and O–H groups in total. The van der Waals surface area contributed by atoms with Crippen LogP contribution in [0.5, 0.6) is 5.75 Å². The van der Waals surface area contributed by atoms with Crippen LogP contribution >= 0.6 is 12.4 Å². The number of carbonyl (C=O) groups is 1. The van der Waals surface area contributed by atoms with Crippen molar-refractivity contribution in [3.8, 4) is 11.4 Å². The van der Waals surface area contributed by atoms with Gasteiger partial charge in [-0.1, -0.05) is 6.07 Å². The SMILES string of the molecule is Cl.O=C(O)c1cn(-c2cccc(OC(F)(F)F)c2)cn1. The van der Waals surface area contributed by atoms with Crippen LogP contribution in [-0.2, 0) is 0 Å². The summed E-state index contributed by atoms with van der Waals surface area (Å²) in [6.07, 6.45) is -2.40. The lowest BCUT2D eigenvalue weighted by atomic mass is 10.3. The Labute approximate surface area is 117 Å². The summed E-state index contributed by atoms with van der Waals surface area (Å²) in [4.78, 5) is 14.2. The minimum atomic E-state index is -4.78. The maximum Gasteiger partial charge on any atom is 0.573 e. The molecule has 1 aromatic heterocycles. The monoisotopic (exact) mass is 308 g/mol. The molecule has 0 aliphatic carbocycles. The van der Waals surface area contributed by atoms with Crippen LogP contribution in [-0.4, -0.2) is 27.0 Å². The fourth-order valence-corrected chi connectivity index (χ4v) is 1.42. The summed E-state index contributed by atoms with van der Waals surface area (Å²) < 4.78 is 41.3. The molecule has 0 atom stereocenters. The molecule has 1 heterocycles. The number of benzene rings is 1. The zero-order valence-electron chi connectivity index (χ0n) is 9.66. The number of ether oxygens (including phenoxy) is 1. The highest BCUT2D eigenvalue weighted by atomic mass is 35.5. The van der Waals surface area contributed by atoms with E-state index < -0.39 is 18.1 Å². The molecule has 2 aromatic rings. The van der Waals surface area contributed by atoms with E-state index in [0.717, 1.165) is 12.1 Å². The number of imidazole rings is 1. The Balaban J connectivity index is 0.00000200. The van der Waals surface area contributed by atoms with Crippen molar-refractivity contribution >= 4 is 18.4 Å². The van der Waals surface area contributed by atoms with Crippen LogP contribution in [0.1, 0.15) is 10.5 Å². The van der Waals surface area contributed by atoms with Crippen molar-refractivity contribution in [1.82, 2.24) is 9.55 Å². The van der Waals surface area contributed by atoms with Crippen LogP contribution in [0.25, 0.3) is 5.69 Å². The third-order valence-corrected chi connectivity index (χ3v) is 2.15. The zero-order valence-corrected chi connectivity index (χ0v) is 10.5. The van der Waals surface area contributed by atoms with E-state index in [1.54, 1.807) is 0 Å². The van der Waals surface area contributed by atoms with Gasteiger partial charge in [0.2, 0.25) is 0 Å². The highest BCUT2D eigenvalue weighted by Gasteiger charge is 2.31. The smallest absolute Gasteiger partial charge is 0.476 e. The van der Waals surface area contributed by atoms with E-state index in [-0.39, 0.29) is 18.1 Å². The van der Waals surface area contributed by atoms with E-state index >= 15 is 0 Å². The van der Waals surface area contributed by atoms with Crippen molar-refractivity contribution in [1.29, 1.82) is 0 Å². The van der Waals surface area contributed by atoms with Crippen LogP contribution in [0.3, 0.4) is 0 Å². The molecule has 0 radical (unpaired) electrons. The van der Waals surface area contributed by atoms with Gasteiger partial charge in [-0.05, 0) is 12.1 Å². The molecule has 5 nitrogen and oxygen atoms in total. The van der Waals surface area contributed by atoms with E-state index in [9.17, 15) is 18.0 Å². The number of hydrogen-bond donors (Lipinski definition) is 1. The van der Waals surface area contributed by atoms with E-state index in [2.05, 4.69) is 9.72 Å². The maximum atomic E-state index is 12.1. The molecule has 0 aliphatic heterocycles. The number of carboxylic acids is 1. The van der Waals surface area contributed by atoms with Crippen LogP contribution in [0.4, 0.5) is 13.2 Å². The molecule has 0 bridgehead atoms. The van der Waals surface area contributed by atoms with Gasteiger partial charge in [-0.25, -0.2) is 9.78 Å². The zero-order chi connectivity index (χ0) is 14.0. The van der Waals surface area contributed by atoms with Gasteiger partial charge < -0.3 is 14.4 Å². The van der Waals surface area contributed by atoms with Crippen LogP contribution in [0.15, 0.2) is 36.8 Å². The highest BCUT2D eigenvalue weighted by molar-refractivity contribution is 5.85. The molecule has 0 fully saturated rings. The predicted molar refractivity (Wildman–Crippen MR) is 64.5 cm³/mol. The number of hydrogen-bond acceptors (Lipinski definition) is 3. The van der Waals surface area contributed by atoms with Gasteiger partial charge in [0.25, 0.3) is 0 Å². The van der Waals surface area contributed by atoms with Crippen LogP contribution in [0, 0.1) is 0 Å². The molecular formula is C11H8ClF3N2O3. The second-order valence-corrected chi connectivity index (χ2v) is 3.52. The molecule has 0 amide bonds. The van der Waals surface area contributed by atoms with Crippen molar-refractivity contribution in [2.24, 2.45) is 0 Å². The number of alkyl halides is 3. The standard InChI is InChI=1S/C11H7F3N2O3.ClH/c12-11(13,14)19-8-3-1-2-7(4-8)16-5-9(10(17)18)15-6-16;/h1-6H,(H,17,18);1H. The van der Waals surface area contributed by atoms with Gasteiger partial charge in [0.15, 0.2) is 5.69 Å². The first-order valence-electron chi connectivity index (χ1n) is 4.98. The summed E-state index contributed by atoms with van der Waals surface area (Å²) in [6, 6.07) is 5.13. The van der Waals surface area contributed by atoms with Crippen molar-refractivity contribution in [3.63, 3.8) is 0 Å². The Morgan fingerprint density at radius 3 is 2.60 bits per heavy atom. The van der Waals surface area contributed by atoms with Crippen molar-refractivity contribution in [2.75, 3.05) is 0 Å². The van der Waals surface area contributed by atoms with Gasteiger partial charge in [0, 0.05) is 12.3 Å². The predicted octanol–water partition coefficient (Wildman–Crippen LogP) is 2.89. The summed E-state index contributed by atoms with van der Waals surface area (Å²) in [5, 5.41) is 8.70. The summed E-state index contributed by atoms with van der Waals surface area (Å²) >= 11 is 0. The lowest BCUT2D eigenvalue weighted by Crippen LogP contribution is -2.17. The van der Waals surface area contributed by atoms with Crippen molar-refractivity contribution < 1.29 is 27.8 Å². The Kier molecular flexibility index (Phi) is 4.61. The van der Waals surface area contributed by atoms with Gasteiger partial charge in [-0.2, -0.15) is 0 Å². The quantitative estimate of drug-likeness (QED) is 0.947. The molecule has 0 saturated carbocycles. The van der Waals surface area contributed by atoms with Gasteiger partial charge in [-0.15, -0.1) is 25.6 Å². The lowest BCUT2D eigenvalue weighted by molar-refractivity contribution is -0.274. The third kappa shape index (κ3) is 3.89. The molecule has 0 spiro atoms. The van der Waals surface area contributed by atoms with Crippen molar-refractivity contribution in [2.45, 2.75) is 6.36 Å². The maximum absolute atomic E-state index is 12.1. The summed E-state index contributed by atoms with van der Waals surface area (Å²) in [6.45, 7) is 0. The number of aromatic carboxylic acids is 1. The number of carboxylic acid groups (broad SMARTS) is 1. The van der Waals surface area contributed by atoms with Gasteiger partial charge in [0.1, 0.15) is 12.1 Å². The Hall–Kier alpha value is -2.22. The Morgan fingerprint density at radius 1 is 1.35 bits per heavy atom. The summed E-state index contributed by atoms with van der Waals surface area (Å²) in [5.41, 5.74) is 0.101. The van der Waals surface area contributed by atoms with E-state index in [1.165, 1.54) is 29.2 Å². The Morgan fingerprint density at radius 2 is 2.05 bits per heavy atom. The molecule has 108 valence electrons. The molecule has 1 aromatic carbocycles. The number of rotatable bonds is 3. The molecule has 9 heteroatoms. The molecule has 0 unspecified atom stereocenters. The third-order valence-electron chi connectivity index (χ3n) is 2.15. The fraction of sp³-hybridized carbons (Fsp3) is 0.0909. The van der Waals surface area contributed by atoms with E-state index in [4.69, 9.17) is 5.11 Å². The molecule has 20 heavy (non-hydrogen) atoms. The number of nitrogens with zero attached hydrogens (tertiary/aromatic N) is 2. The van der Waals surface area contributed by atoms with Gasteiger partial charge in [-0.3, -0.25) is 0 Å². The largest absolute Gasteiger partial charge is 0.573 e. The summed E-state index contributed by atoms with van der Waals surface area (Å²) in [7, 11) is 0. The topological polar surface area (TPSA) is 64.3 Å². The first-order chi connectivity index (χ1) is 8.85. The first-order valence-corrected chi connectivity index (χ1v) is 4.98. The summed E-state index contributed by atoms with van der Waals surface area (Å²) in [5.74, 6) is -1.61. The van der Waals surface area contributed by atoms with Crippen LogP contribution < -0.4 is 4.74 Å². The molecule has 0 aliphatic rings. The van der Waals surface area contributed by atoms with E-state index in [0.29, 0.717) is 5.69 Å². The van der Waals surface area contributed by atoms with E-state index in [1.807, 2.05) is 0 Å². The van der Waals surface area contributed by atoms with Gasteiger partial charge >= 0.3 is 12.3 Å². The average molecular weight is 309 g/mol. The second-order valence-electron chi connectivity index (χ2n) is 3.52. The normalized spacial score (nSPS) is 10.8. The minimum absolute atomic E-state index is 0. The minimum Gasteiger partial charge on any atom is -0.476 e. The average Bonchev–Trinajstić information content (AvgIpc) is 2.76. The number of aromatic nitrogens is 2. The molecule has 2 rings (SSSR count). The fourth-order valence-electron chi connectivity index (χ4n) is 1.42. The molecular weight excluding hydrogens is 301 g/mol.